The van der Waals surface area contributed by atoms with Crippen molar-refractivity contribution in [2.24, 2.45) is 0 Å². The van der Waals surface area contributed by atoms with Gasteiger partial charge >= 0.3 is 0 Å². The highest BCUT2D eigenvalue weighted by Crippen LogP contribution is 2.38. The fourth-order valence-electron chi connectivity index (χ4n) is 5.45. The predicted molar refractivity (Wildman–Crippen MR) is 167 cm³/mol. The van der Waals surface area contributed by atoms with Crippen LogP contribution in [-0.4, -0.2) is 0 Å². The van der Waals surface area contributed by atoms with Crippen LogP contribution in [0.15, 0.2) is 133 Å². The molecule has 0 aliphatic heterocycles. The van der Waals surface area contributed by atoms with Crippen LogP contribution in [-0.2, 0) is 0 Å². The van der Waals surface area contributed by atoms with Gasteiger partial charge in [-0.3, -0.25) is 0 Å². The molecule has 0 saturated heterocycles. The van der Waals surface area contributed by atoms with Crippen LogP contribution in [0.25, 0.3) is 67.4 Å². The molecular formula is C38H26. The second-order valence-corrected chi connectivity index (χ2v) is 9.84. The Hall–Kier alpha value is -4.94. The van der Waals surface area contributed by atoms with Gasteiger partial charge in [0.05, 0.1) is 0 Å². The first-order chi connectivity index (χ1) is 18.8. The number of rotatable bonds is 4. The highest BCUT2D eigenvalue weighted by Gasteiger charge is 2.11. The van der Waals surface area contributed by atoms with Crippen molar-refractivity contribution in [2.75, 3.05) is 0 Å². The van der Waals surface area contributed by atoms with Crippen LogP contribution in [0.4, 0.5) is 0 Å². The van der Waals surface area contributed by atoms with Gasteiger partial charge in [-0.1, -0.05) is 133 Å². The SMILES string of the molecule is C(=C\c1ccc2c(c1)c1cc(/C=C/c3ccccc3)ccc1c1cc3ccccc3cc21)/c1ccccc1. The van der Waals surface area contributed by atoms with Gasteiger partial charge in [0.25, 0.3) is 0 Å². The lowest BCUT2D eigenvalue weighted by atomic mass is 9.90. The van der Waals surface area contributed by atoms with Crippen LogP contribution in [0.2, 0.25) is 0 Å². The minimum atomic E-state index is 1.20. The van der Waals surface area contributed by atoms with Gasteiger partial charge in [-0.25, -0.2) is 0 Å². The third-order valence-electron chi connectivity index (χ3n) is 7.38. The van der Waals surface area contributed by atoms with Crippen LogP contribution in [0, 0.1) is 0 Å². The molecule has 7 aromatic rings. The standard InChI is InChI=1S/C38H26/c1-3-9-27(10-4-1)15-17-29-19-21-33-35(23-29)36-24-30(18-16-28-11-5-2-6-12-28)20-22-34(36)38-26-32-14-8-7-13-31(32)25-37(33)38/h1-26H/b17-15+,18-16+. The van der Waals surface area contributed by atoms with Crippen molar-refractivity contribution in [1.29, 1.82) is 0 Å². The van der Waals surface area contributed by atoms with Gasteiger partial charge in [0.15, 0.2) is 0 Å². The van der Waals surface area contributed by atoms with E-state index in [1.807, 2.05) is 0 Å². The minimum absolute atomic E-state index is 1.20. The van der Waals surface area contributed by atoms with Gasteiger partial charge in [-0.05, 0) is 89.6 Å². The highest BCUT2D eigenvalue weighted by molar-refractivity contribution is 6.27. The summed E-state index contributed by atoms with van der Waals surface area (Å²) in [5, 5.41) is 10.3. The second-order valence-electron chi connectivity index (χ2n) is 9.84. The Kier molecular flexibility index (Phi) is 5.57. The second kappa shape index (κ2) is 9.50. The first kappa shape index (κ1) is 22.3. The zero-order valence-corrected chi connectivity index (χ0v) is 21.0. The Balaban J connectivity index is 1.47. The first-order valence-electron chi connectivity index (χ1n) is 13.1. The average molecular weight is 483 g/mol. The summed E-state index contributed by atoms with van der Waals surface area (Å²) < 4.78 is 0. The quantitative estimate of drug-likeness (QED) is 0.133. The van der Waals surface area contributed by atoms with E-state index < -0.39 is 0 Å². The topological polar surface area (TPSA) is 0 Å². The Morgan fingerprint density at radius 1 is 0.263 bits per heavy atom. The molecule has 38 heavy (non-hydrogen) atoms. The van der Waals surface area contributed by atoms with Crippen LogP contribution >= 0.6 is 0 Å². The van der Waals surface area contributed by atoms with E-state index in [1.54, 1.807) is 0 Å². The summed E-state index contributed by atoms with van der Waals surface area (Å²) in [6.45, 7) is 0. The molecule has 0 radical (unpaired) electrons. The largest absolute Gasteiger partial charge is 0.0622 e. The smallest absolute Gasteiger partial charge is 0.00926 e. The molecule has 0 amide bonds. The average Bonchev–Trinajstić information content (AvgIpc) is 2.99. The molecule has 0 bridgehead atoms. The predicted octanol–water partition coefficient (Wildman–Crippen LogP) is 10.6. The van der Waals surface area contributed by atoms with E-state index >= 15 is 0 Å². The van der Waals surface area contributed by atoms with E-state index in [0.717, 1.165) is 0 Å². The van der Waals surface area contributed by atoms with Crippen LogP contribution in [0.5, 0.6) is 0 Å². The molecule has 178 valence electrons. The summed E-state index contributed by atoms with van der Waals surface area (Å²) in [7, 11) is 0. The van der Waals surface area contributed by atoms with Gasteiger partial charge in [0.1, 0.15) is 0 Å². The van der Waals surface area contributed by atoms with Gasteiger partial charge in [0, 0.05) is 0 Å². The number of hydrogen-bond donors (Lipinski definition) is 0. The van der Waals surface area contributed by atoms with Crippen LogP contribution in [0.1, 0.15) is 22.3 Å². The first-order valence-corrected chi connectivity index (χ1v) is 13.1. The zero-order chi connectivity index (χ0) is 25.3. The van der Waals surface area contributed by atoms with E-state index in [-0.39, 0.29) is 0 Å². The van der Waals surface area contributed by atoms with Crippen molar-refractivity contribution in [3.63, 3.8) is 0 Å². The maximum atomic E-state index is 2.36. The van der Waals surface area contributed by atoms with Crippen LogP contribution in [0.3, 0.4) is 0 Å². The Morgan fingerprint density at radius 2 is 0.632 bits per heavy atom. The molecule has 0 nitrogen and oxygen atoms in total. The minimum Gasteiger partial charge on any atom is -0.0622 e. The monoisotopic (exact) mass is 482 g/mol. The Morgan fingerprint density at radius 3 is 1.08 bits per heavy atom. The lowest BCUT2D eigenvalue weighted by Crippen LogP contribution is -1.86. The maximum Gasteiger partial charge on any atom is -0.00926 e. The lowest BCUT2D eigenvalue weighted by Gasteiger charge is -2.13. The van der Waals surface area contributed by atoms with Crippen molar-refractivity contribution < 1.29 is 0 Å². The Bertz CT molecular complexity index is 1840. The zero-order valence-electron chi connectivity index (χ0n) is 21.0. The third kappa shape index (κ3) is 4.17. The molecule has 0 unspecified atom stereocenters. The van der Waals surface area contributed by atoms with Crippen LogP contribution < -0.4 is 0 Å². The fraction of sp³-hybridized carbons (Fsp3) is 0. The number of hydrogen-bond acceptors (Lipinski definition) is 0. The molecule has 0 saturated carbocycles. The number of fused-ring (bicyclic) bond motifs is 7. The van der Waals surface area contributed by atoms with Crippen molar-refractivity contribution in [1.82, 2.24) is 0 Å². The summed E-state index contributed by atoms with van der Waals surface area (Å²) in [6.07, 6.45) is 8.80. The van der Waals surface area contributed by atoms with Crippen molar-refractivity contribution in [3.8, 4) is 0 Å². The molecule has 7 rings (SSSR count). The van der Waals surface area contributed by atoms with Gasteiger partial charge in [-0.2, -0.15) is 0 Å². The van der Waals surface area contributed by atoms with E-state index in [1.165, 1.54) is 65.3 Å². The van der Waals surface area contributed by atoms with E-state index in [2.05, 4.69) is 158 Å². The third-order valence-corrected chi connectivity index (χ3v) is 7.38. The summed E-state index contributed by atoms with van der Waals surface area (Å²) in [4.78, 5) is 0. The summed E-state index contributed by atoms with van der Waals surface area (Å²) in [6, 6.07) is 48.1. The summed E-state index contributed by atoms with van der Waals surface area (Å²) in [5.74, 6) is 0. The fourth-order valence-corrected chi connectivity index (χ4v) is 5.45. The Labute approximate surface area is 222 Å². The highest BCUT2D eigenvalue weighted by atomic mass is 14.1. The van der Waals surface area contributed by atoms with Crippen molar-refractivity contribution in [2.45, 2.75) is 0 Å². The molecule has 0 fully saturated rings. The summed E-state index contributed by atoms with van der Waals surface area (Å²) >= 11 is 0. The van der Waals surface area contributed by atoms with E-state index in [0.29, 0.717) is 0 Å². The lowest BCUT2D eigenvalue weighted by molar-refractivity contribution is 1.66. The van der Waals surface area contributed by atoms with E-state index in [4.69, 9.17) is 0 Å². The molecular weight excluding hydrogens is 456 g/mol. The molecule has 0 heteroatoms. The van der Waals surface area contributed by atoms with Gasteiger partial charge < -0.3 is 0 Å². The molecule has 0 N–H and O–H groups in total. The van der Waals surface area contributed by atoms with Crippen molar-refractivity contribution >= 4 is 67.4 Å². The molecule has 0 heterocycles. The van der Waals surface area contributed by atoms with E-state index in [9.17, 15) is 0 Å². The molecule has 0 aromatic heterocycles. The van der Waals surface area contributed by atoms with Gasteiger partial charge in [-0.15, -0.1) is 0 Å². The van der Waals surface area contributed by atoms with Crippen molar-refractivity contribution in [3.05, 3.63) is 156 Å². The summed E-state index contributed by atoms with van der Waals surface area (Å²) in [5.41, 5.74) is 4.81. The number of benzene rings is 7. The maximum absolute atomic E-state index is 2.36. The molecule has 7 aromatic carbocycles. The normalized spacial score (nSPS) is 12.0. The van der Waals surface area contributed by atoms with Gasteiger partial charge in [0.2, 0.25) is 0 Å². The molecule has 0 aliphatic carbocycles. The molecule has 0 aliphatic rings. The molecule has 0 atom stereocenters. The molecule has 0 spiro atoms.